The maximum Gasteiger partial charge on any atom is 0.205 e. The minimum atomic E-state index is 0.0618. The van der Waals surface area contributed by atoms with Gasteiger partial charge in [-0.1, -0.05) is 0 Å². The smallest absolute Gasteiger partial charge is 0.205 e. The predicted molar refractivity (Wildman–Crippen MR) is 106 cm³/mol. The fraction of sp³-hybridized carbons (Fsp3) is 0.579. The van der Waals surface area contributed by atoms with Gasteiger partial charge in [0.1, 0.15) is 17.7 Å². The highest BCUT2D eigenvalue weighted by Gasteiger charge is 2.24. The largest absolute Gasteiger partial charge is 0.493 e. The van der Waals surface area contributed by atoms with Crippen LogP contribution in [0.25, 0.3) is 10.9 Å². The van der Waals surface area contributed by atoms with Crippen LogP contribution in [0.3, 0.4) is 0 Å². The van der Waals surface area contributed by atoms with E-state index in [1.54, 1.807) is 27.7 Å². The molecule has 1 aromatic heterocycles. The van der Waals surface area contributed by atoms with Gasteiger partial charge in [0.25, 0.3) is 0 Å². The molecule has 28 heavy (non-hydrogen) atoms. The standard InChI is InChI=1S/C19H28N4O5/c1-25-15-12-14-16(18(27-3)17(15)26-2)20-13-21-19(14)23-6-4-22(5-7-23)8-10-28-11-9-24/h12-13,24H,4-11H2,1-3H3. The van der Waals surface area contributed by atoms with E-state index in [-0.39, 0.29) is 6.61 Å². The van der Waals surface area contributed by atoms with Crippen molar-refractivity contribution in [1.82, 2.24) is 14.9 Å². The molecule has 0 atom stereocenters. The normalized spacial score (nSPS) is 15.1. The zero-order valence-electron chi connectivity index (χ0n) is 16.7. The highest BCUT2D eigenvalue weighted by molar-refractivity contribution is 5.97. The van der Waals surface area contributed by atoms with Crippen LogP contribution in [0, 0.1) is 0 Å². The van der Waals surface area contributed by atoms with Crippen molar-refractivity contribution in [2.45, 2.75) is 0 Å². The number of nitrogens with zero attached hydrogens (tertiary/aromatic N) is 4. The van der Waals surface area contributed by atoms with Crippen LogP contribution in [0.15, 0.2) is 12.4 Å². The first-order valence-electron chi connectivity index (χ1n) is 9.33. The number of hydrogen-bond donors (Lipinski definition) is 1. The molecule has 1 fully saturated rings. The molecule has 0 radical (unpaired) electrons. The zero-order valence-corrected chi connectivity index (χ0v) is 16.7. The summed E-state index contributed by atoms with van der Waals surface area (Å²) in [4.78, 5) is 13.6. The van der Waals surface area contributed by atoms with Crippen LogP contribution in [0.1, 0.15) is 0 Å². The summed E-state index contributed by atoms with van der Waals surface area (Å²) in [6.45, 7) is 5.47. The average Bonchev–Trinajstić information content (AvgIpc) is 2.75. The summed E-state index contributed by atoms with van der Waals surface area (Å²) < 4.78 is 21.9. The first-order chi connectivity index (χ1) is 13.7. The Kier molecular flexibility index (Phi) is 7.07. The number of piperazine rings is 1. The van der Waals surface area contributed by atoms with Crippen LogP contribution in [-0.4, -0.2) is 93.8 Å². The Morgan fingerprint density at radius 3 is 2.36 bits per heavy atom. The van der Waals surface area contributed by atoms with Crippen molar-refractivity contribution in [3.05, 3.63) is 12.4 Å². The van der Waals surface area contributed by atoms with E-state index in [1.165, 1.54) is 0 Å². The van der Waals surface area contributed by atoms with Gasteiger partial charge in [-0.2, -0.15) is 0 Å². The third kappa shape index (κ3) is 4.21. The van der Waals surface area contributed by atoms with E-state index < -0.39 is 0 Å². The van der Waals surface area contributed by atoms with Gasteiger partial charge in [0.15, 0.2) is 11.5 Å². The van der Waals surface area contributed by atoms with Gasteiger partial charge in [-0.25, -0.2) is 9.97 Å². The van der Waals surface area contributed by atoms with E-state index in [1.807, 2.05) is 6.07 Å². The van der Waals surface area contributed by atoms with Crippen molar-refractivity contribution in [1.29, 1.82) is 0 Å². The van der Waals surface area contributed by atoms with Gasteiger partial charge in [-0.15, -0.1) is 0 Å². The molecule has 0 spiro atoms. The molecule has 0 unspecified atom stereocenters. The molecule has 9 nitrogen and oxygen atoms in total. The number of aliphatic hydroxyl groups is 1. The fourth-order valence-electron chi connectivity index (χ4n) is 3.45. The SMILES string of the molecule is COc1cc2c(N3CCN(CCOCCO)CC3)ncnc2c(OC)c1OC. The lowest BCUT2D eigenvalue weighted by Gasteiger charge is -2.35. The molecule has 1 aromatic carbocycles. The molecule has 1 N–H and O–H groups in total. The van der Waals surface area contributed by atoms with Crippen molar-refractivity contribution < 1.29 is 24.1 Å². The van der Waals surface area contributed by atoms with Crippen LogP contribution >= 0.6 is 0 Å². The average molecular weight is 392 g/mol. The Morgan fingerprint density at radius 1 is 0.964 bits per heavy atom. The van der Waals surface area contributed by atoms with Crippen LogP contribution in [0.2, 0.25) is 0 Å². The summed E-state index contributed by atoms with van der Waals surface area (Å²) in [7, 11) is 4.78. The summed E-state index contributed by atoms with van der Waals surface area (Å²) >= 11 is 0. The summed E-state index contributed by atoms with van der Waals surface area (Å²) in [6.07, 6.45) is 1.56. The van der Waals surface area contributed by atoms with Gasteiger partial charge >= 0.3 is 0 Å². The van der Waals surface area contributed by atoms with Gasteiger partial charge in [0.2, 0.25) is 5.75 Å². The number of aliphatic hydroxyl groups excluding tert-OH is 1. The number of anilines is 1. The molecular formula is C19H28N4O5. The molecule has 1 saturated heterocycles. The van der Waals surface area contributed by atoms with E-state index in [0.717, 1.165) is 43.9 Å². The molecule has 154 valence electrons. The van der Waals surface area contributed by atoms with Crippen LogP contribution < -0.4 is 19.1 Å². The number of aromatic nitrogens is 2. The number of rotatable bonds is 9. The quantitative estimate of drug-likeness (QED) is 0.622. The Bertz CT molecular complexity index is 780. The summed E-state index contributed by atoms with van der Waals surface area (Å²) in [5.41, 5.74) is 0.699. The molecule has 0 saturated carbocycles. The maximum atomic E-state index is 8.78. The highest BCUT2D eigenvalue weighted by Crippen LogP contribution is 2.44. The lowest BCUT2D eigenvalue weighted by Crippen LogP contribution is -2.47. The van der Waals surface area contributed by atoms with Crippen LogP contribution in [0.5, 0.6) is 17.2 Å². The lowest BCUT2D eigenvalue weighted by molar-refractivity contribution is 0.0724. The van der Waals surface area contributed by atoms with Crippen molar-refractivity contribution in [2.75, 3.05) is 78.8 Å². The Morgan fingerprint density at radius 2 is 1.71 bits per heavy atom. The second-order valence-corrected chi connectivity index (χ2v) is 6.40. The van der Waals surface area contributed by atoms with Gasteiger partial charge < -0.3 is 29.0 Å². The molecule has 0 aliphatic carbocycles. The lowest BCUT2D eigenvalue weighted by atomic mass is 10.1. The fourth-order valence-corrected chi connectivity index (χ4v) is 3.45. The maximum absolute atomic E-state index is 8.78. The number of benzene rings is 1. The van der Waals surface area contributed by atoms with Gasteiger partial charge in [-0.05, 0) is 6.07 Å². The monoisotopic (exact) mass is 392 g/mol. The molecular weight excluding hydrogens is 364 g/mol. The molecule has 2 heterocycles. The Hall–Kier alpha value is -2.36. The van der Waals surface area contributed by atoms with Crippen LogP contribution in [0.4, 0.5) is 5.82 Å². The minimum absolute atomic E-state index is 0.0618. The summed E-state index contributed by atoms with van der Waals surface area (Å²) in [6, 6.07) is 1.90. The van der Waals surface area contributed by atoms with Crippen molar-refractivity contribution in [3.63, 3.8) is 0 Å². The van der Waals surface area contributed by atoms with Crippen molar-refractivity contribution in [3.8, 4) is 17.2 Å². The summed E-state index contributed by atoms with van der Waals surface area (Å²) in [5.74, 6) is 2.51. The Labute approximate surface area is 164 Å². The van der Waals surface area contributed by atoms with E-state index in [0.29, 0.717) is 36.0 Å². The number of ether oxygens (including phenoxy) is 4. The molecule has 1 aliphatic heterocycles. The van der Waals surface area contributed by atoms with E-state index in [4.69, 9.17) is 24.1 Å². The molecule has 3 rings (SSSR count). The first kappa shape index (κ1) is 20.4. The third-order valence-corrected chi connectivity index (χ3v) is 4.87. The van der Waals surface area contributed by atoms with Crippen LogP contribution in [-0.2, 0) is 4.74 Å². The van der Waals surface area contributed by atoms with Crippen molar-refractivity contribution >= 4 is 16.7 Å². The van der Waals surface area contributed by atoms with E-state index in [2.05, 4.69) is 19.8 Å². The molecule has 1 aliphatic rings. The number of methoxy groups -OCH3 is 3. The topological polar surface area (TPSA) is 89.4 Å². The third-order valence-electron chi connectivity index (χ3n) is 4.87. The Balaban J connectivity index is 1.81. The molecule has 2 aromatic rings. The second kappa shape index (κ2) is 9.72. The molecule has 9 heteroatoms. The summed E-state index contributed by atoms with van der Waals surface area (Å²) in [5, 5.41) is 9.65. The van der Waals surface area contributed by atoms with E-state index >= 15 is 0 Å². The van der Waals surface area contributed by atoms with Crippen molar-refractivity contribution in [2.24, 2.45) is 0 Å². The number of fused-ring (bicyclic) bond motifs is 1. The minimum Gasteiger partial charge on any atom is -0.493 e. The van der Waals surface area contributed by atoms with Gasteiger partial charge in [-0.3, -0.25) is 4.90 Å². The number of hydrogen-bond acceptors (Lipinski definition) is 9. The van der Waals surface area contributed by atoms with Gasteiger partial charge in [0, 0.05) is 32.7 Å². The van der Waals surface area contributed by atoms with Gasteiger partial charge in [0.05, 0.1) is 46.5 Å². The second-order valence-electron chi connectivity index (χ2n) is 6.40. The highest BCUT2D eigenvalue weighted by atomic mass is 16.5. The molecule has 0 amide bonds. The zero-order chi connectivity index (χ0) is 19.9. The first-order valence-corrected chi connectivity index (χ1v) is 9.33. The molecule has 0 bridgehead atoms. The predicted octanol–water partition coefficient (Wildman–Crippen LogP) is 0.787. The van der Waals surface area contributed by atoms with E-state index in [9.17, 15) is 0 Å².